The molecule has 0 spiro atoms. The van der Waals surface area contributed by atoms with Crippen molar-refractivity contribution in [3.63, 3.8) is 0 Å². The molecule has 2 aromatic heterocycles. The summed E-state index contributed by atoms with van der Waals surface area (Å²) in [5, 5.41) is 7.28. The van der Waals surface area contributed by atoms with Gasteiger partial charge >= 0.3 is 0 Å². The van der Waals surface area contributed by atoms with Gasteiger partial charge < -0.3 is 5.32 Å². The van der Waals surface area contributed by atoms with E-state index in [-0.39, 0.29) is 5.91 Å². The molecule has 2 atom stereocenters. The highest BCUT2D eigenvalue weighted by molar-refractivity contribution is 7.10. The fourth-order valence-corrected chi connectivity index (χ4v) is 3.76. The van der Waals surface area contributed by atoms with Crippen molar-refractivity contribution in [1.82, 2.24) is 5.32 Å². The molecule has 4 heteroatoms. The summed E-state index contributed by atoms with van der Waals surface area (Å²) in [6, 6.07) is 8.73. The van der Waals surface area contributed by atoms with E-state index in [1.165, 1.54) is 9.75 Å². The summed E-state index contributed by atoms with van der Waals surface area (Å²) >= 11 is 3.51. The molecule has 1 saturated carbocycles. The Labute approximate surface area is 115 Å². The topological polar surface area (TPSA) is 29.1 Å². The molecule has 18 heavy (non-hydrogen) atoms. The third-order valence-electron chi connectivity index (χ3n) is 3.22. The minimum Gasteiger partial charge on any atom is -0.353 e. The first kappa shape index (κ1) is 11.9. The van der Waals surface area contributed by atoms with Crippen molar-refractivity contribution < 1.29 is 4.79 Å². The maximum Gasteiger partial charge on any atom is 0.220 e. The van der Waals surface area contributed by atoms with Gasteiger partial charge in [0.15, 0.2) is 0 Å². The number of amides is 1. The molecule has 94 valence electrons. The molecule has 2 heterocycles. The Morgan fingerprint density at radius 3 is 2.83 bits per heavy atom. The molecule has 1 aliphatic rings. The molecule has 2 nitrogen and oxygen atoms in total. The Kier molecular flexibility index (Phi) is 3.48. The number of carbonyl (C=O) groups is 1. The Morgan fingerprint density at radius 1 is 1.28 bits per heavy atom. The fourth-order valence-electron chi connectivity index (χ4n) is 2.14. The summed E-state index contributed by atoms with van der Waals surface area (Å²) in [5.41, 5.74) is 0. The molecule has 1 amide bonds. The predicted molar refractivity (Wildman–Crippen MR) is 76.2 cm³/mol. The van der Waals surface area contributed by atoms with E-state index < -0.39 is 0 Å². The zero-order chi connectivity index (χ0) is 12.4. The van der Waals surface area contributed by atoms with Gasteiger partial charge in [-0.05, 0) is 35.7 Å². The molecule has 1 N–H and O–H groups in total. The van der Waals surface area contributed by atoms with Gasteiger partial charge in [-0.3, -0.25) is 4.79 Å². The van der Waals surface area contributed by atoms with Crippen molar-refractivity contribution >= 4 is 28.6 Å². The van der Waals surface area contributed by atoms with Crippen molar-refractivity contribution in [2.45, 2.75) is 31.2 Å². The lowest BCUT2D eigenvalue weighted by Gasteiger charge is -2.03. The van der Waals surface area contributed by atoms with Gasteiger partial charge in [0, 0.05) is 28.1 Å². The summed E-state index contributed by atoms with van der Waals surface area (Å²) < 4.78 is 0. The zero-order valence-corrected chi connectivity index (χ0v) is 11.6. The number of thiophene rings is 2. The van der Waals surface area contributed by atoms with E-state index in [1.807, 2.05) is 6.07 Å². The molecule has 0 aliphatic heterocycles. The van der Waals surface area contributed by atoms with Gasteiger partial charge in [0.1, 0.15) is 0 Å². The average Bonchev–Trinajstić information content (AvgIpc) is 2.87. The summed E-state index contributed by atoms with van der Waals surface area (Å²) in [6.45, 7) is 0. The van der Waals surface area contributed by atoms with E-state index in [4.69, 9.17) is 0 Å². The molecule has 0 bridgehead atoms. The minimum absolute atomic E-state index is 0.187. The van der Waals surface area contributed by atoms with Crippen LogP contribution in [0.15, 0.2) is 35.0 Å². The molecule has 0 aromatic carbocycles. The quantitative estimate of drug-likeness (QED) is 0.891. The van der Waals surface area contributed by atoms with Crippen LogP contribution in [0, 0.1) is 0 Å². The minimum atomic E-state index is 0.187. The number of carbonyl (C=O) groups excluding carboxylic acids is 1. The fraction of sp³-hybridized carbons (Fsp3) is 0.357. The second kappa shape index (κ2) is 5.24. The molecular formula is C14H15NOS2. The lowest BCUT2D eigenvalue weighted by molar-refractivity contribution is -0.121. The first-order chi connectivity index (χ1) is 8.83. The van der Waals surface area contributed by atoms with E-state index >= 15 is 0 Å². The van der Waals surface area contributed by atoms with Crippen LogP contribution in [-0.4, -0.2) is 11.9 Å². The first-order valence-electron chi connectivity index (χ1n) is 6.18. The summed E-state index contributed by atoms with van der Waals surface area (Å²) in [6.07, 6.45) is 2.57. The third kappa shape index (κ3) is 2.82. The Balaban J connectivity index is 1.43. The molecule has 2 unspecified atom stereocenters. The van der Waals surface area contributed by atoms with E-state index in [1.54, 1.807) is 22.7 Å². The number of rotatable bonds is 5. The summed E-state index contributed by atoms with van der Waals surface area (Å²) in [7, 11) is 0. The monoisotopic (exact) mass is 277 g/mol. The van der Waals surface area contributed by atoms with Gasteiger partial charge in [0.25, 0.3) is 0 Å². The van der Waals surface area contributed by atoms with E-state index in [0.29, 0.717) is 18.4 Å². The van der Waals surface area contributed by atoms with Crippen LogP contribution in [0.4, 0.5) is 0 Å². The van der Waals surface area contributed by atoms with Crippen LogP contribution in [-0.2, 0) is 11.2 Å². The van der Waals surface area contributed by atoms with Crippen LogP contribution in [0.1, 0.15) is 28.5 Å². The van der Waals surface area contributed by atoms with E-state index in [2.05, 4.69) is 34.3 Å². The van der Waals surface area contributed by atoms with Gasteiger partial charge in [-0.15, -0.1) is 22.7 Å². The number of hydrogen-bond acceptors (Lipinski definition) is 3. The second-order valence-corrected chi connectivity index (χ2v) is 6.62. The zero-order valence-electron chi connectivity index (χ0n) is 9.96. The molecule has 1 fully saturated rings. The van der Waals surface area contributed by atoms with Crippen LogP contribution in [0.3, 0.4) is 0 Å². The van der Waals surface area contributed by atoms with Gasteiger partial charge in [0.2, 0.25) is 5.91 Å². The van der Waals surface area contributed by atoms with Crippen LogP contribution in [0.25, 0.3) is 0 Å². The predicted octanol–water partition coefficient (Wildman–Crippen LogP) is 3.41. The molecule has 1 aliphatic carbocycles. The van der Waals surface area contributed by atoms with Crippen molar-refractivity contribution in [2.75, 3.05) is 0 Å². The van der Waals surface area contributed by atoms with Crippen molar-refractivity contribution in [3.05, 3.63) is 44.8 Å². The maximum atomic E-state index is 11.8. The largest absolute Gasteiger partial charge is 0.353 e. The first-order valence-corrected chi connectivity index (χ1v) is 7.94. The number of nitrogens with one attached hydrogen (secondary N) is 1. The van der Waals surface area contributed by atoms with Crippen LogP contribution < -0.4 is 5.32 Å². The van der Waals surface area contributed by atoms with Crippen LogP contribution >= 0.6 is 22.7 Å². The summed E-state index contributed by atoms with van der Waals surface area (Å²) in [5.74, 6) is 0.753. The van der Waals surface area contributed by atoms with E-state index in [9.17, 15) is 4.79 Å². The third-order valence-corrected chi connectivity index (χ3v) is 5.16. The van der Waals surface area contributed by atoms with Crippen molar-refractivity contribution in [1.29, 1.82) is 0 Å². The molecule has 0 radical (unpaired) electrons. The van der Waals surface area contributed by atoms with E-state index in [0.717, 1.165) is 12.8 Å². The maximum absolute atomic E-state index is 11.8. The summed E-state index contributed by atoms with van der Waals surface area (Å²) in [4.78, 5) is 14.5. The Morgan fingerprint density at radius 2 is 2.11 bits per heavy atom. The lowest BCUT2D eigenvalue weighted by Crippen LogP contribution is -2.26. The number of hydrogen-bond donors (Lipinski definition) is 1. The normalized spacial score (nSPS) is 21.8. The van der Waals surface area contributed by atoms with Gasteiger partial charge in [-0.1, -0.05) is 12.1 Å². The lowest BCUT2D eigenvalue weighted by atomic mass is 10.2. The highest BCUT2D eigenvalue weighted by Crippen LogP contribution is 2.42. The van der Waals surface area contributed by atoms with Crippen LogP contribution in [0.2, 0.25) is 0 Å². The van der Waals surface area contributed by atoms with Crippen molar-refractivity contribution in [2.24, 2.45) is 0 Å². The van der Waals surface area contributed by atoms with Gasteiger partial charge in [-0.2, -0.15) is 0 Å². The molecule has 0 saturated heterocycles. The average molecular weight is 277 g/mol. The highest BCUT2D eigenvalue weighted by atomic mass is 32.1. The Bertz CT molecular complexity index is 504. The van der Waals surface area contributed by atoms with Gasteiger partial charge in [0.05, 0.1) is 0 Å². The van der Waals surface area contributed by atoms with Crippen LogP contribution in [0.5, 0.6) is 0 Å². The SMILES string of the molecule is O=C(CCc1cccs1)NC1CC1c1cccs1. The smallest absolute Gasteiger partial charge is 0.220 e. The molecule has 2 aromatic rings. The standard InChI is InChI=1S/C14H15NOS2/c16-14(6-5-10-3-1-7-17-10)15-12-9-11(12)13-4-2-8-18-13/h1-4,7-8,11-12H,5-6,9H2,(H,15,16). The van der Waals surface area contributed by atoms with Crippen molar-refractivity contribution in [3.8, 4) is 0 Å². The highest BCUT2D eigenvalue weighted by Gasteiger charge is 2.39. The second-order valence-electron chi connectivity index (χ2n) is 4.61. The number of aryl methyl sites for hydroxylation is 1. The molecule has 3 rings (SSSR count). The molecular weight excluding hydrogens is 262 g/mol. The van der Waals surface area contributed by atoms with Gasteiger partial charge in [-0.25, -0.2) is 0 Å². The Hall–Kier alpha value is -1.13.